The number of aliphatic hydroxyl groups excluding tert-OH is 1. The van der Waals surface area contributed by atoms with Crippen LogP contribution in [0.25, 0.3) is 0 Å². The summed E-state index contributed by atoms with van der Waals surface area (Å²) < 4.78 is 17.1. The normalized spacial score (nSPS) is 19.0. The van der Waals surface area contributed by atoms with Crippen LogP contribution in [0, 0.1) is 5.92 Å². The highest BCUT2D eigenvalue weighted by molar-refractivity contribution is 5.86. The lowest BCUT2D eigenvalue weighted by molar-refractivity contribution is -0.131. The number of likely N-dealkylation sites (N-methyl/N-ethyl adjacent to an activating group) is 1. The van der Waals surface area contributed by atoms with Gasteiger partial charge in [-0.05, 0) is 71.1 Å². The molecule has 0 bridgehead atoms. The Hall–Kier alpha value is -1.41. The van der Waals surface area contributed by atoms with Crippen LogP contribution in [-0.2, 0) is 19.0 Å². The van der Waals surface area contributed by atoms with Crippen LogP contribution in [0.3, 0.4) is 0 Å². The zero-order chi connectivity index (χ0) is 22.4. The molecule has 0 spiro atoms. The van der Waals surface area contributed by atoms with Gasteiger partial charge in [0.2, 0.25) is 5.91 Å². The monoisotopic (exact) mass is 424 g/mol. The second-order valence-corrected chi connectivity index (χ2v) is 9.20. The minimum absolute atomic E-state index is 0.0321. The van der Waals surface area contributed by atoms with Crippen molar-refractivity contribution in [1.82, 2.24) is 10.2 Å². The molecule has 7 heteroatoms. The third-order valence-electron chi connectivity index (χ3n) is 6.31. The number of carbonyl (C=O) groups excluding carboxylic acids is 1. The summed E-state index contributed by atoms with van der Waals surface area (Å²) >= 11 is 0. The molecule has 0 aromatic heterocycles. The van der Waals surface area contributed by atoms with E-state index in [1.807, 2.05) is 40.8 Å². The van der Waals surface area contributed by atoms with Gasteiger partial charge in [-0.2, -0.15) is 0 Å². The van der Waals surface area contributed by atoms with Crippen LogP contribution in [0.15, 0.2) is 23.1 Å². The van der Waals surface area contributed by atoms with Crippen molar-refractivity contribution in [3.63, 3.8) is 0 Å². The Labute approximate surface area is 181 Å². The van der Waals surface area contributed by atoms with Crippen molar-refractivity contribution in [2.24, 2.45) is 5.92 Å². The summed E-state index contributed by atoms with van der Waals surface area (Å²) in [5.74, 6) is 0.893. The van der Waals surface area contributed by atoms with Gasteiger partial charge in [0.25, 0.3) is 0 Å². The molecule has 7 nitrogen and oxygen atoms in total. The van der Waals surface area contributed by atoms with Crippen LogP contribution >= 0.6 is 0 Å². The van der Waals surface area contributed by atoms with E-state index in [0.29, 0.717) is 18.4 Å². The number of rotatable bonds is 10. The molecule has 2 heterocycles. The Balaban J connectivity index is 2.09. The summed E-state index contributed by atoms with van der Waals surface area (Å²) in [7, 11) is 2.00. The topological polar surface area (TPSA) is 80.3 Å². The van der Waals surface area contributed by atoms with Crippen molar-refractivity contribution in [3.8, 4) is 0 Å². The molecular formula is C23H40N2O5. The van der Waals surface area contributed by atoms with Crippen molar-refractivity contribution < 1.29 is 24.1 Å². The molecule has 0 aromatic carbocycles. The summed E-state index contributed by atoms with van der Waals surface area (Å²) in [6.45, 7) is 13.0. The fourth-order valence-electron chi connectivity index (χ4n) is 3.84. The van der Waals surface area contributed by atoms with Gasteiger partial charge in [0.05, 0.1) is 24.4 Å². The van der Waals surface area contributed by atoms with Crippen LogP contribution in [0.5, 0.6) is 0 Å². The Bertz CT molecular complexity index is 648. The number of ether oxygens (including phenoxy) is 3. The van der Waals surface area contributed by atoms with Gasteiger partial charge in [-0.1, -0.05) is 6.92 Å². The number of nitrogens with zero attached hydrogens (tertiary/aromatic N) is 1. The predicted octanol–water partition coefficient (Wildman–Crippen LogP) is 2.61. The number of aliphatic hydroxyl groups is 1. The molecule has 0 radical (unpaired) electrons. The van der Waals surface area contributed by atoms with Crippen molar-refractivity contribution >= 4 is 5.91 Å². The molecule has 1 amide bonds. The third-order valence-corrected chi connectivity index (χ3v) is 6.31. The fourth-order valence-corrected chi connectivity index (χ4v) is 3.84. The zero-order valence-corrected chi connectivity index (χ0v) is 19.5. The van der Waals surface area contributed by atoms with Crippen molar-refractivity contribution in [2.75, 3.05) is 46.6 Å². The first-order chi connectivity index (χ1) is 14.1. The second kappa shape index (κ2) is 10.8. The van der Waals surface area contributed by atoms with Gasteiger partial charge < -0.3 is 19.3 Å². The summed E-state index contributed by atoms with van der Waals surface area (Å²) in [4.78, 5) is 15.2. The third kappa shape index (κ3) is 6.30. The Morgan fingerprint density at radius 3 is 2.57 bits per heavy atom. The molecule has 2 N–H and O–H groups in total. The van der Waals surface area contributed by atoms with Gasteiger partial charge in [0.15, 0.2) is 5.88 Å². The van der Waals surface area contributed by atoms with E-state index in [9.17, 15) is 4.79 Å². The van der Waals surface area contributed by atoms with E-state index in [2.05, 4.69) is 17.1 Å². The number of hydrogen-bond acceptors (Lipinski definition) is 6. The van der Waals surface area contributed by atoms with Crippen molar-refractivity contribution in [3.05, 3.63) is 23.1 Å². The number of amides is 1. The molecule has 0 aliphatic carbocycles. The quantitative estimate of drug-likeness (QED) is 0.561. The van der Waals surface area contributed by atoms with Crippen LogP contribution < -0.4 is 5.32 Å². The van der Waals surface area contributed by atoms with Gasteiger partial charge in [-0.15, -0.1) is 0 Å². The molecule has 2 aliphatic heterocycles. The predicted molar refractivity (Wildman–Crippen MR) is 117 cm³/mol. The first-order valence-corrected chi connectivity index (χ1v) is 11.0. The van der Waals surface area contributed by atoms with Gasteiger partial charge in [-0.3, -0.25) is 15.0 Å². The molecule has 0 saturated carbocycles. The molecule has 0 atom stereocenters. The standard InChI is InChI=1S/C23H40N2O5/c1-7-18-16-29-20(14-19(18)23(4,5)30-13-10-26)24-21(27)22(2,3)25(6)15-17-8-11-28-12-9-17/h14,17,26H,7-13,15-16H2,1-6H3,(H,24,27). The molecule has 1 fully saturated rings. The Morgan fingerprint density at radius 2 is 1.97 bits per heavy atom. The maximum absolute atomic E-state index is 13.1. The molecule has 0 aromatic rings. The highest BCUT2D eigenvalue weighted by Crippen LogP contribution is 2.31. The van der Waals surface area contributed by atoms with E-state index in [0.717, 1.165) is 50.2 Å². The van der Waals surface area contributed by atoms with E-state index in [1.165, 1.54) is 0 Å². The first-order valence-electron chi connectivity index (χ1n) is 11.0. The minimum Gasteiger partial charge on any atom is -0.474 e. The van der Waals surface area contributed by atoms with Gasteiger partial charge >= 0.3 is 0 Å². The summed E-state index contributed by atoms with van der Waals surface area (Å²) in [5, 5.41) is 12.1. The van der Waals surface area contributed by atoms with E-state index < -0.39 is 11.1 Å². The van der Waals surface area contributed by atoms with E-state index in [-0.39, 0.29) is 19.1 Å². The summed E-state index contributed by atoms with van der Waals surface area (Å²) in [6, 6.07) is 0. The van der Waals surface area contributed by atoms with Crippen LogP contribution in [0.2, 0.25) is 0 Å². The minimum atomic E-state index is -0.680. The lowest BCUT2D eigenvalue weighted by atomic mass is 9.90. The lowest BCUT2D eigenvalue weighted by Crippen LogP contribution is -2.54. The molecule has 2 rings (SSSR count). The van der Waals surface area contributed by atoms with Crippen LogP contribution in [-0.4, -0.2) is 73.7 Å². The molecule has 1 saturated heterocycles. The van der Waals surface area contributed by atoms with Crippen LogP contribution in [0.4, 0.5) is 0 Å². The highest BCUT2D eigenvalue weighted by atomic mass is 16.5. The van der Waals surface area contributed by atoms with Gasteiger partial charge in [0, 0.05) is 25.8 Å². The Kier molecular flexibility index (Phi) is 8.91. The van der Waals surface area contributed by atoms with Gasteiger partial charge in [-0.25, -0.2) is 0 Å². The SMILES string of the molecule is CCC1=C(C(C)(C)OCCO)C=C(NC(=O)C(C)(C)N(C)CC2CCOCC2)OC1. The van der Waals surface area contributed by atoms with E-state index in [4.69, 9.17) is 19.3 Å². The molecule has 2 aliphatic rings. The molecule has 172 valence electrons. The van der Waals surface area contributed by atoms with Crippen LogP contribution in [0.1, 0.15) is 53.9 Å². The molecule has 0 unspecified atom stereocenters. The fraction of sp³-hybridized carbons (Fsp3) is 0.783. The molecular weight excluding hydrogens is 384 g/mol. The first kappa shape index (κ1) is 24.9. The number of hydrogen-bond donors (Lipinski definition) is 2. The average molecular weight is 425 g/mol. The lowest BCUT2D eigenvalue weighted by Gasteiger charge is -2.38. The van der Waals surface area contributed by atoms with Crippen molar-refractivity contribution in [1.29, 1.82) is 0 Å². The second-order valence-electron chi connectivity index (χ2n) is 9.20. The van der Waals surface area contributed by atoms with E-state index >= 15 is 0 Å². The highest BCUT2D eigenvalue weighted by Gasteiger charge is 2.35. The smallest absolute Gasteiger partial charge is 0.246 e. The largest absolute Gasteiger partial charge is 0.474 e. The molecule has 30 heavy (non-hydrogen) atoms. The maximum Gasteiger partial charge on any atom is 0.246 e. The maximum atomic E-state index is 13.1. The average Bonchev–Trinajstić information content (AvgIpc) is 2.72. The van der Waals surface area contributed by atoms with Gasteiger partial charge in [0.1, 0.15) is 6.61 Å². The summed E-state index contributed by atoms with van der Waals surface area (Å²) in [5.41, 5.74) is 0.865. The number of nitrogens with one attached hydrogen (secondary N) is 1. The Morgan fingerprint density at radius 1 is 1.30 bits per heavy atom. The van der Waals surface area contributed by atoms with Crippen molar-refractivity contribution in [2.45, 2.75) is 65.0 Å². The van der Waals surface area contributed by atoms with E-state index in [1.54, 1.807) is 0 Å². The summed E-state index contributed by atoms with van der Waals surface area (Å²) in [6.07, 6.45) is 4.77. The zero-order valence-electron chi connectivity index (χ0n) is 19.5. The number of carbonyl (C=O) groups is 1.